The maximum atomic E-state index is 12.8. The van der Waals surface area contributed by atoms with E-state index >= 15 is 0 Å². The predicted octanol–water partition coefficient (Wildman–Crippen LogP) is 4.40. The van der Waals surface area contributed by atoms with Crippen molar-refractivity contribution >= 4 is 15.9 Å². The van der Waals surface area contributed by atoms with Gasteiger partial charge in [-0.15, -0.1) is 0 Å². The van der Waals surface area contributed by atoms with Crippen LogP contribution in [-0.2, 0) is 23.1 Å². The summed E-state index contributed by atoms with van der Waals surface area (Å²) in [6.07, 6.45) is 0. The van der Waals surface area contributed by atoms with E-state index in [0.717, 1.165) is 22.3 Å². The summed E-state index contributed by atoms with van der Waals surface area (Å²) in [6, 6.07) is 22.0. The van der Waals surface area contributed by atoms with Crippen LogP contribution in [0, 0.1) is 13.8 Å². The number of benzene rings is 3. The Bertz CT molecular complexity index is 1150. The lowest BCUT2D eigenvalue weighted by Gasteiger charge is -2.19. The second kappa shape index (κ2) is 9.45. The van der Waals surface area contributed by atoms with E-state index in [0.29, 0.717) is 12.1 Å². The number of carbonyl (C=O) groups is 1. The molecule has 0 saturated heterocycles. The summed E-state index contributed by atoms with van der Waals surface area (Å²) in [4.78, 5) is 14.7. The third-order valence-corrected chi connectivity index (χ3v) is 7.00. The van der Waals surface area contributed by atoms with Gasteiger partial charge in [-0.25, -0.2) is 8.42 Å². The Labute approximate surface area is 185 Å². The summed E-state index contributed by atoms with van der Waals surface area (Å²) < 4.78 is 26.9. The normalized spacial score (nSPS) is 11.5. The van der Waals surface area contributed by atoms with Gasteiger partial charge in [0, 0.05) is 32.7 Å². The van der Waals surface area contributed by atoms with Gasteiger partial charge in [0.25, 0.3) is 5.91 Å². The summed E-state index contributed by atoms with van der Waals surface area (Å²) in [5, 5.41) is 0. The monoisotopic (exact) mass is 436 g/mol. The highest BCUT2D eigenvalue weighted by Gasteiger charge is 2.21. The summed E-state index contributed by atoms with van der Waals surface area (Å²) in [5.41, 5.74) is 4.64. The van der Waals surface area contributed by atoms with Crippen LogP contribution < -0.4 is 0 Å². The van der Waals surface area contributed by atoms with E-state index in [1.54, 1.807) is 67.5 Å². The molecule has 31 heavy (non-hydrogen) atoms. The van der Waals surface area contributed by atoms with Crippen LogP contribution in [0.4, 0.5) is 0 Å². The van der Waals surface area contributed by atoms with Crippen molar-refractivity contribution < 1.29 is 13.2 Å². The highest BCUT2D eigenvalue weighted by Crippen LogP contribution is 2.18. The third kappa shape index (κ3) is 5.60. The zero-order valence-electron chi connectivity index (χ0n) is 18.4. The van der Waals surface area contributed by atoms with Crippen molar-refractivity contribution in [2.24, 2.45) is 0 Å². The Balaban J connectivity index is 1.66. The minimum Gasteiger partial charge on any atom is -0.337 e. The first-order chi connectivity index (χ1) is 14.7. The molecule has 0 spiro atoms. The van der Waals surface area contributed by atoms with Gasteiger partial charge in [-0.1, -0.05) is 59.7 Å². The number of aryl methyl sites for hydroxylation is 2. The fourth-order valence-electron chi connectivity index (χ4n) is 3.36. The van der Waals surface area contributed by atoms with Crippen molar-refractivity contribution in [2.75, 3.05) is 14.1 Å². The maximum Gasteiger partial charge on any atom is 0.253 e. The van der Waals surface area contributed by atoms with Crippen LogP contribution >= 0.6 is 0 Å². The van der Waals surface area contributed by atoms with Gasteiger partial charge in [-0.05, 0) is 49.2 Å². The molecule has 0 bridgehead atoms. The Morgan fingerprint density at radius 1 is 0.774 bits per heavy atom. The molecule has 0 aliphatic heterocycles. The molecule has 6 heteroatoms. The number of rotatable bonds is 7. The van der Waals surface area contributed by atoms with Crippen molar-refractivity contribution in [3.05, 3.63) is 101 Å². The molecule has 3 aromatic carbocycles. The Hall–Kier alpha value is -2.96. The molecular weight excluding hydrogens is 408 g/mol. The fourth-order valence-corrected chi connectivity index (χ4v) is 4.52. The molecule has 3 aromatic rings. The molecule has 0 heterocycles. The smallest absolute Gasteiger partial charge is 0.253 e. The van der Waals surface area contributed by atoms with Gasteiger partial charge in [0.1, 0.15) is 0 Å². The van der Waals surface area contributed by atoms with E-state index in [9.17, 15) is 13.2 Å². The third-order valence-electron chi connectivity index (χ3n) is 5.18. The standard InChI is InChI=1S/C25H28N2O3S/c1-19-8-14-24(15-9-19)31(29,30)27(4)18-21-10-12-23(13-11-21)25(28)26(3)17-22-7-5-6-20(2)16-22/h5-16H,17-18H2,1-4H3. The van der Waals surface area contributed by atoms with Crippen molar-refractivity contribution in [2.45, 2.75) is 31.8 Å². The molecule has 3 rings (SSSR count). The first kappa shape index (κ1) is 22.7. The van der Waals surface area contributed by atoms with Crippen LogP contribution in [0.1, 0.15) is 32.6 Å². The van der Waals surface area contributed by atoms with Crippen molar-refractivity contribution in [3.8, 4) is 0 Å². The molecule has 5 nitrogen and oxygen atoms in total. The van der Waals surface area contributed by atoms with E-state index < -0.39 is 10.0 Å². The second-order valence-corrected chi connectivity index (χ2v) is 9.97. The molecule has 1 amide bonds. The molecule has 0 radical (unpaired) electrons. The van der Waals surface area contributed by atoms with Crippen molar-refractivity contribution in [1.82, 2.24) is 9.21 Å². The Morgan fingerprint density at radius 2 is 1.42 bits per heavy atom. The first-order valence-electron chi connectivity index (χ1n) is 10.1. The lowest BCUT2D eigenvalue weighted by atomic mass is 10.1. The van der Waals surface area contributed by atoms with Crippen LogP contribution in [0.5, 0.6) is 0 Å². The lowest BCUT2D eigenvalue weighted by Crippen LogP contribution is -2.27. The van der Waals surface area contributed by atoms with Gasteiger partial charge in [0.2, 0.25) is 10.0 Å². The van der Waals surface area contributed by atoms with Crippen molar-refractivity contribution in [3.63, 3.8) is 0 Å². The maximum absolute atomic E-state index is 12.8. The number of hydrogen-bond acceptors (Lipinski definition) is 3. The van der Waals surface area contributed by atoms with Gasteiger partial charge in [0.05, 0.1) is 4.90 Å². The number of nitrogens with zero attached hydrogens (tertiary/aromatic N) is 2. The first-order valence-corrected chi connectivity index (χ1v) is 11.5. The molecule has 0 aromatic heterocycles. The summed E-state index contributed by atoms with van der Waals surface area (Å²) >= 11 is 0. The van der Waals surface area contributed by atoms with Crippen LogP contribution in [0.25, 0.3) is 0 Å². The Kier molecular flexibility index (Phi) is 6.93. The molecule has 0 fully saturated rings. The van der Waals surface area contributed by atoms with E-state index in [4.69, 9.17) is 0 Å². The van der Waals surface area contributed by atoms with Crippen LogP contribution in [0.2, 0.25) is 0 Å². The number of amides is 1. The molecule has 162 valence electrons. The highest BCUT2D eigenvalue weighted by atomic mass is 32.2. The molecule has 0 aliphatic rings. The zero-order chi connectivity index (χ0) is 22.6. The quantitative estimate of drug-likeness (QED) is 0.552. The Morgan fingerprint density at radius 3 is 2.03 bits per heavy atom. The van der Waals surface area contributed by atoms with E-state index in [2.05, 4.69) is 6.07 Å². The largest absolute Gasteiger partial charge is 0.337 e. The van der Waals surface area contributed by atoms with Gasteiger partial charge < -0.3 is 4.90 Å². The minimum absolute atomic E-state index is 0.0753. The fraction of sp³-hybridized carbons (Fsp3) is 0.240. The van der Waals surface area contributed by atoms with Crippen molar-refractivity contribution in [1.29, 1.82) is 0 Å². The summed E-state index contributed by atoms with van der Waals surface area (Å²) in [7, 11) is -0.236. The van der Waals surface area contributed by atoms with Crippen LogP contribution in [0.15, 0.2) is 77.7 Å². The van der Waals surface area contributed by atoms with E-state index in [1.165, 1.54) is 4.31 Å². The van der Waals surface area contributed by atoms with E-state index in [1.807, 2.05) is 32.0 Å². The zero-order valence-corrected chi connectivity index (χ0v) is 19.2. The van der Waals surface area contributed by atoms with Gasteiger partial charge in [-0.3, -0.25) is 4.79 Å². The molecule has 0 saturated carbocycles. The summed E-state index contributed by atoms with van der Waals surface area (Å²) in [6.45, 7) is 4.70. The topological polar surface area (TPSA) is 57.7 Å². The second-order valence-electron chi connectivity index (χ2n) is 7.92. The number of hydrogen-bond donors (Lipinski definition) is 0. The lowest BCUT2D eigenvalue weighted by molar-refractivity contribution is 0.0785. The van der Waals surface area contributed by atoms with Gasteiger partial charge in [-0.2, -0.15) is 4.31 Å². The minimum atomic E-state index is -3.57. The number of carbonyl (C=O) groups excluding carboxylic acids is 1. The predicted molar refractivity (Wildman–Crippen MR) is 123 cm³/mol. The molecule has 0 atom stereocenters. The summed E-state index contributed by atoms with van der Waals surface area (Å²) in [5.74, 6) is -0.0753. The van der Waals surface area contributed by atoms with Crippen LogP contribution in [0.3, 0.4) is 0 Å². The van der Waals surface area contributed by atoms with Crippen LogP contribution in [-0.4, -0.2) is 37.6 Å². The SMILES string of the molecule is Cc1ccc(S(=O)(=O)N(C)Cc2ccc(C(=O)N(C)Cc3cccc(C)c3)cc2)cc1. The highest BCUT2D eigenvalue weighted by molar-refractivity contribution is 7.89. The van der Waals surface area contributed by atoms with E-state index in [-0.39, 0.29) is 17.3 Å². The number of sulfonamides is 1. The molecule has 0 N–H and O–H groups in total. The average molecular weight is 437 g/mol. The van der Waals surface area contributed by atoms with Gasteiger partial charge >= 0.3 is 0 Å². The molecular formula is C25H28N2O3S. The average Bonchev–Trinajstić information content (AvgIpc) is 2.74. The molecule has 0 aliphatic carbocycles. The molecule has 0 unspecified atom stereocenters. The van der Waals surface area contributed by atoms with Gasteiger partial charge in [0.15, 0.2) is 0 Å².